The number of esters is 1. The van der Waals surface area contributed by atoms with Crippen LogP contribution >= 0.6 is 0 Å². The van der Waals surface area contributed by atoms with Crippen LogP contribution < -0.4 is 0 Å². The predicted octanol–water partition coefficient (Wildman–Crippen LogP) is 7.75. The highest BCUT2D eigenvalue weighted by Crippen LogP contribution is 2.37. The van der Waals surface area contributed by atoms with E-state index in [9.17, 15) is 23.1 Å². The number of allylic oxidation sites excluding steroid dienone is 2. The molecule has 1 saturated carbocycles. The van der Waals surface area contributed by atoms with E-state index < -0.39 is 17.8 Å². The fourth-order valence-corrected chi connectivity index (χ4v) is 5.29. The van der Waals surface area contributed by atoms with E-state index in [1.54, 1.807) is 6.21 Å². The van der Waals surface area contributed by atoms with Gasteiger partial charge in [-0.1, -0.05) is 84.0 Å². The van der Waals surface area contributed by atoms with E-state index in [-0.39, 0.29) is 30.5 Å². The number of oxime groups is 1. The van der Waals surface area contributed by atoms with Gasteiger partial charge >= 0.3 is 12.1 Å². The van der Waals surface area contributed by atoms with E-state index in [4.69, 9.17) is 9.57 Å². The van der Waals surface area contributed by atoms with E-state index in [0.717, 1.165) is 35.2 Å². The van der Waals surface area contributed by atoms with Gasteiger partial charge in [0.1, 0.15) is 6.61 Å². The molecule has 0 aromatic heterocycles. The number of methoxy groups -OCH3 is 1. The maximum absolute atomic E-state index is 12.8. The average molecular weight is 610 g/mol. The van der Waals surface area contributed by atoms with Gasteiger partial charge in [0.15, 0.2) is 0 Å². The van der Waals surface area contributed by atoms with Gasteiger partial charge in [-0.2, -0.15) is 13.2 Å². The highest BCUT2D eigenvalue weighted by molar-refractivity contribution is 5.69. The Morgan fingerprint density at radius 1 is 0.932 bits per heavy atom. The monoisotopic (exact) mass is 609 g/mol. The summed E-state index contributed by atoms with van der Waals surface area (Å²) in [5.74, 6) is -0.660. The van der Waals surface area contributed by atoms with E-state index >= 15 is 0 Å². The number of rotatable bonds is 14. The first-order valence-corrected chi connectivity index (χ1v) is 14.7. The van der Waals surface area contributed by atoms with Gasteiger partial charge in [0.05, 0.1) is 31.5 Å². The molecule has 4 atom stereocenters. The van der Waals surface area contributed by atoms with Crippen molar-refractivity contribution in [1.29, 1.82) is 0 Å². The number of unbranched alkanes of at least 4 members (excludes halogenated alkanes) is 1. The molecule has 0 saturated heterocycles. The lowest BCUT2D eigenvalue weighted by molar-refractivity contribution is -0.140. The van der Waals surface area contributed by atoms with Gasteiger partial charge in [-0.25, -0.2) is 0 Å². The van der Waals surface area contributed by atoms with Gasteiger partial charge in [0.2, 0.25) is 0 Å². The summed E-state index contributed by atoms with van der Waals surface area (Å²) < 4.78 is 49.5. The number of nitrogens with zero attached hydrogens (tertiary/aromatic N) is 1. The van der Waals surface area contributed by atoms with Gasteiger partial charge in [-0.05, 0) is 59.6 Å². The minimum Gasteiger partial charge on any atom is -0.469 e. The molecular weight excluding hydrogens is 571 g/mol. The van der Waals surface area contributed by atoms with Gasteiger partial charge < -0.3 is 19.4 Å². The number of benzene rings is 3. The van der Waals surface area contributed by atoms with Crippen LogP contribution in [-0.2, 0) is 38.5 Å². The van der Waals surface area contributed by atoms with Crippen LogP contribution in [0.1, 0.15) is 48.8 Å². The molecule has 0 unspecified atom stereocenters. The summed E-state index contributed by atoms with van der Waals surface area (Å²) in [6.07, 6.45) is 3.10. The molecule has 0 radical (unpaired) electrons. The number of carbonyl (C=O) groups is 1. The molecule has 0 aliphatic heterocycles. The first kappa shape index (κ1) is 33.0. The van der Waals surface area contributed by atoms with Gasteiger partial charge in [-0.15, -0.1) is 0 Å². The molecule has 4 rings (SSSR count). The van der Waals surface area contributed by atoms with Crippen LogP contribution in [0.5, 0.6) is 0 Å². The fourth-order valence-electron chi connectivity index (χ4n) is 5.29. The number of alkyl halides is 3. The topological polar surface area (TPSA) is 77.4 Å². The Bertz CT molecular complexity index is 1360. The molecule has 234 valence electrons. The molecule has 0 spiro atoms. The highest BCUT2D eigenvalue weighted by atomic mass is 19.4. The highest BCUT2D eigenvalue weighted by Gasteiger charge is 2.42. The molecule has 0 bridgehead atoms. The Morgan fingerprint density at radius 3 is 2.27 bits per heavy atom. The summed E-state index contributed by atoms with van der Waals surface area (Å²) in [5.41, 5.74) is 3.10. The van der Waals surface area contributed by atoms with E-state index in [2.05, 4.69) is 34.2 Å². The molecule has 1 N–H and O–H groups in total. The summed E-state index contributed by atoms with van der Waals surface area (Å²) in [7, 11) is 1.37. The van der Waals surface area contributed by atoms with Crippen LogP contribution in [-0.4, -0.2) is 36.6 Å². The molecule has 3 aromatic rings. The molecule has 0 amide bonds. The van der Waals surface area contributed by atoms with E-state index in [1.807, 2.05) is 42.5 Å². The predicted molar refractivity (Wildman–Crippen MR) is 162 cm³/mol. The van der Waals surface area contributed by atoms with Crippen molar-refractivity contribution < 1.29 is 37.4 Å². The molecule has 0 heterocycles. The summed E-state index contributed by atoms with van der Waals surface area (Å²) in [6.45, 7) is 0.390. The van der Waals surface area contributed by atoms with Crippen molar-refractivity contribution in [3.05, 3.63) is 108 Å². The van der Waals surface area contributed by atoms with Crippen molar-refractivity contribution in [2.45, 2.75) is 63.7 Å². The smallest absolute Gasteiger partial charge is 0.416 e. The maximum atomic E-state index is 12.8. The zero-order chi connectivity index (χ0) is 31.4. The zero-order valence-corrected chi connectivity index (χ0v) is 24.7. The standard InChI is InChI=1S/C35H38F3NO5/c1-42-34(41)12-8-3-2-7-11-30-31(22-39-44-24-26-15-19-29(20-16-26)35(36,37)38)32(40)21-33(30)43-23-25-13-17-28(18-14-25)27-9-5-4-6-10-27/h2,4-7,9-10,13-20,22,30-33,40H,3,8,11-12,21,23-24H2,1H3/b7-2-,39-22?/t30-,31-,32-,33+/m1/s1. The molecule has 1 fully saturated rings. The van der Waals surface area contributed by atoms with Crippen molar-refractivity contribution in [3.63, 3.8) is 0 Å². The SMILES string of the molecule is COC(=O)CCC/C=C\C[C@@H]1[C@@H](C=NOCc2ccc(C(F)(F)F)cc2)[C@H](O)C[C@@H]1OCc1ccc(-c2ccccc2)cc1. The van der Waals surface area contributed by atoms with Crippen molar-refractivity contribution >= 4 is 12.2 Å². The van der Waals surface area contributed by atoms with E-state index in [1.165, 1.54) is 19.2 Å². The van der Waals surface area contributed by atoms with E-state index in [0.29, 0.717) is 37.9 Å². The lowest BCUT2D eigenvalue weighted by Crippen LogP contribution is -2.24. The van der Waals surface area contributed by atoms with Gasteiger partial charge in [-0.3, -0.25) is 4.79 Å². The normalized spacial score (nSPS) is 20.4. The number of ether oxygens (including phenoxy) is 2. The van der Waals surface area contributed by atoms with Crippen LogP contribution in [0.3, 0.4) is 0 Å². The number of hydrogen-bond acceptors (Lipinski definition) is 6. The molecule has 1 aliphatic carbocycles. The maximum Gasteiger partial charge on any atom is 0.416 e. The molecule has 6 nitrogen and oxygen atoms in total. The van der Waals surface area contributed by atoms with Crippen LogP contribution in [0.4, 0.5) is 13.2 Å². The number of aliphatic hydroxyl groups excluding tert-OH is 1. The Balaban J connectivity index is 1.36. The third kappa shape index (κ3) is 9.79. The van der Waals surface area contributed by atoms with Crippen molar-refractivity contribution in [3.8, 4) is 11.1 Å². The van der Waals surface area contributed by atoms with Crippen LogP contribution in [0.15, 0.2) is 96.2 Å². The second kappa shape index (κ2) is 16.2. The number of hydrogen-bond donors (Lipinski definition) is 1. The van der Waals surface area contributed by atoms with Crippen LogP contribution in [0.25, 0.3) is 11.1 Å². The number of halogens is 3. The van der Waals surface area contributed by atoms with Crippen molar-refractivity contribution in [2.24, 2.45) is 17.0 Å². The van der Waals surface area contributed by atoms with Crippen molar-refractivity contribution in [1.82, 2.24) is 0 Å². The lowest BCUT2D eigenvalue weighted by atomic mass is 9.91. The third-order valence-corrected chi connectivity index (χ3v) is 7.79. The molecular formula is C35H38F3NO5. The van der Waals surface area contributed by atoms with Gasteiger partial charge in [0, 0.05) is 25.0 Å². The van der Waals surface area contributed by atoms with Crippen molar-refractivity contribution in [2.75, 3.05) is 7.11 Å². The summed E-state index contributed by atoms with van der Waals surface area (Å²) in [6, 6.07) is 23.1. The minimum absolute atomic E-state index is 0.00111. The fraction of sp³-hybridized carbons (Fsp3) is 0.371. The van der Waals surface area contributed by atoms with Gasteiger partial charge in [0.25, 0.3) is 0 Å². The third-order valence-electron chi connectivity index (χ3n) is 7.79. The molecule has 9 heteroatoms. The molecule has 3 aromatic carbocycles. The van der Waals surface area contributed by atoms with Crippen LogP contribution in [0, 0.1) is 11.8 Å². The zero-order valence-electron chi connectivity index (χ0n) is 24.7. The first-order chi connectivity index (χ1) is 21.2. The number of carbonyl (C=O) groups excluding carboxylic acids is 1. The largest absolute Gasteiger partial charge is 0.469 e. The summed E-state index contributed by atoms with van der Waals surface area (Å²) in [5, 5.41) is 15.0. The first-order valence-electron chi connectivity index (χ1n) is 14.7. The van der Waals surface area contributed by atoms with Crippen LogP contribution in [0.2, 0.25) is 0 Å². The second-order valence-corrected chi connectivity index (χ2v) is 10.9. The minimum atomic E-state index is -4.40. The quantitative estimate of drug-likeness (QED) is 0.0665. The summed E-state index contributed by atoms with van der Waals surface area (Å²) in [4.78, 5) is 16.7. The number of aliphatic hydroxyl groups is 1. The Labute approximate surface area is 256 Å². The molecule has 1 aliphatic rings. The summed E-state index contributed by atoms with van der Waals surface area (Å²) >= 11 is 0. The Kier molecular flexibility index (Phi) is 12.1. The lowest BCUT2D eigenvalue weighted by Gasteiger charge is -2.22. The Morgan fingerprint density at radius 2 is 1.59 bits per heavy atom. The average Bonchev–Trinajstić information content (AvgIpc) is 3.33. The Hall–Kier alpha value is -3.95. The molecule has 44 heavy (non-hydrogen) atoms. The second-order valence-electron chi connectivity index (χ2n) is 10.9.